The van der Waals surface area contributed by atoms with Crippen LogP contribution in [0, 0.1) is 15.3 Å². The maximum atomic E-state index is 8.25. The van der Waals surface area contributed by atoms with Gasteiger partial charge in [0.05, 0.1) is 24.3 Å². The van der Waals surface area contributed by atoms with Crippen LogP contribution in [0.3, 0.4) is 0 Å². The van der Waals surface area contributed by atoms with Crippen molar-refractivity contribution in [3.8, 4) is 0 Å². The summed E-state index contributed by atoms with van der Waals surface area (Å²) in [6.07, 6.45) is 7.59. The van der Waals surface area contributed by atoms with Crippen molar-refractivity contribution in [1.82, 2.24) is 0 Å². The van der Waals surface area contributed by atoms with E-state index in [1.807, 2.05) is 0 Å². The molecule has 25 heavy (non-hydrogen) atoms. The predicted molar refractivity (Wildman–Crippen MR) is 109 cm³/mol. The maximum absolute atomic E-state index is 8.25. The first-order valence-electron chi connectivity index (χ1n) is 8.89. The fourth-order valence-corrected chi connectivity index (χ4v) is 3.67. The standard InChI is InChI=1S/C20H27P.NO3/c1-3-5-7-17-9-13-19(14-10-17)21-20-15-11-18(12-16-20)8-6-4-2;2-1(3)4/h9-16,21H,3-8H2,1-2H3;/q;-1/p+1. The van der Waals surface area contributed by atoms with Crippen molar-refractivity contribution in [3.05, 3.63) is 75.0 Å². The van der Waals surface area contributed by atoms with Crippen LogP contribution in [0.15, 0.2) is 48.5 Å². The number of nitrogens with zero attached hydrogens (tertiary/aromatic N) is 1. The first-order valence-corrected chi connectivity index (χ1v) is 10.0. The average molecular weight is 361 g/mol. The molecule has 0 radical (unpaired) electrons. The fourth-order valence-electron chi connectivity index (χ4n) is 2.52. The van der Waals surface area contributed by atoms with Gasteiger partial charge in [0, 0.05) is 0 Å². The molecule has 2 aromatic rings. The van der Waals surface area contributed by atoms with Crippen LogP contribution in [0.4, 0.5) is 0 Å². The molecule has 0 aliphatic rings. The topological polar surface area (TPSA) is 66.2 Å². The molecule has 0 atom stereocenters. The van der Waals surface area contributed by atoms with Gasteiger partial charge in [-0.1, -0.05) is 51.0 Å². The summed E-state index contributed by atoms with van der Waals surface area (Å²) in [4.78, 5) is 8.25. The highest BCUT2D eigenvalue weighted by Gasteiger charge is 2.04. The SMILES string of the molecule is CCCCc1ccc([PH2+]c2ccc(CCCC)cc2)cc1.O=[N+]([O-])[O-]. The molecule has 0 aliphatic heterocycles. The lowest BCUT2D eigenvalue weighted by atomic mass is 10.1. The Balaban J connectivity index is 0.000000705. The van der Waals surface area contributed by atoms with Crippen LogP contribution in [-0.2, 0) is 12.8 Å². The molecule has 0 aromatic heterocycles. The van der Waals surface area contributed by atoms with Crippen molar-refractivity contribution < 1.29 is 5.09 Å². The highest BCUT2D eigenvalue weighted by Crippen LogP contribution is 2.14. The Morgan fingerprint density at radius 2 is 1.08 bits per heavy atom. The molecule has 2 aromatic carbocycles. The van der Waals surface area contributed by atoms with Crippen molar-refractivity contribution in [2.24, 2.45) is 0 Å². The van der Waals surface area contributed by atoms with Gasteiger partial charge in [0.25, 0.3) is 0 Å². The van der Waals surface area contributed by atoms with Crippen LogP contribution in [0.1, 0.15) is 50.7 Å². The summed E-state index contributed by atoms with van der Waals surface area (Å²) in [6, 6.07) is 18.6. The van der Waals surface area contributed by atoms with E-state index in [1.54, 1.807) is 0 Å². The van der Waals surface area contributed by atoms with Gasteiger partial charge in [-0.05, 0) is 61.1 Å². The molecule has 0 aliphatic carbocycles. The van der Waals surface area contributed by atoms with E-state index in [0.717, 1.165) is 0 Å². The monoisotopic (exact) mass is 361 g/mol. The first-order chi connectivity index (χ1) is 12.0. The third kappa shape index (κ3) is 9.83. The van der Waals surface area contributed by atoms with Crippen LogP contribution < -0.4 is 10.6 Å². The normalized spacial score (nSPS) is 10.0. The predicted octanol–water partition coefficient (Wildman–Crippen LogP) is 4.49. The summed E-state index contributed by atoms with van der Waals surface area (Å²) >= 11 is 0. The molecule has 2 rings (SSSR count). The molecule has 0 saturated heterocycles. The van der Waals surface area contributed by atoms with Gasteiger partial charge in [-0.15, -0.1) is 0 Å². The fraction of sp³-hybridized carbons (Fsp3) is 0.400. The number of unbranched alkanes of at least 4 members (excludes halogenated alkanes) is 2. The lowest BCUT2D eigenvalue weighted by molar-refractivity contribution is -0.402. The van der Waals surface area contributed by atoms with Gasteiger partial charge in [-0.3, -0.25) is 0 Å². The molecule has 0 saturated carbocycles. The second-order valence-corrected chi connectivity index (χ2v) is 7.68. The number of rotatable bonds is 8. The van der Waals surface area contributed by atoms with Gasteiger partial charge in [-0.25, -0.2) is 0 Å². The van der Waals surface area contributed by atoms with Gasteiger partial charge in [0.2, 0.25) is 0 Å². The number of hydrogen-bond acceptors (Lipinski definition) is 3. The van der Waals surface area contributed by atoms with Crippen molar-refractivity contribution >= 4 is 19.2 Å². The zero-order valence-electron chi connectivity index (χ0n) is 15.1. The van der Waals surface area contributed by atoms with Crippen molar-refractivity contribution in [1.29, 1.82) is 0 Å². The molecule has 4 nitrogen and oxygen atoms in total. The molecule has 0 amide bonds. The first kappa shape index (κ1) is 21.1. The van der Waals surface area contributed by atoms with E-state index in [2.05, 4.69) is 62.4 Å². The Morgan fingerprint density at radius 1 is 0.760 bits per heavy atom. The maximum Gasteiger partial charge on any atom is 0.0942 e. The molecule has 0 bridgehead atoms. The lowest BCUT2D eigenvalue weighted by Gasteiger charge is -2.02. The van der Waals surface area contributed by atoms with E-state index in [1.165, 1.54) is 60.3 Å². The third-order valence-corrected chi connectivity index (χ3v) is 5.37. The Hall–Kier alpha value is -1.93. The van der Waals surface area contributed by atoms with E-state index >= 15 is 0 Å². The van der Waals surface area contributed by atoms with Crippen LogP contribution >= 0.6 is 8.58 Å². The molecule has 0 spiro atoms. The molecular formula is C20H28NO3P. The Bertz CT molecular complexity index is 558. The lowest BCUT2D eigenvalue weighted by Crippen LogP contribution is -2.03. The minimum Gasteiger partial charge on any atom is -0.356 e. The zero-order valence-corrected chi connectivity index (χ0v) is 16.3. The summed E-state index contributed by atoms with van der Waals surface area (Å²) in [5, 5.41) is 17.7. The molecule has 0 unspecified atom stereocenters. The third-order valence-electron chi connectivity index (χ3n) is 3.93. The van der Waals surface area contributed by atoms with Gasteiger partial charge in [0.1, 0.15) is 0 Å². The van der Waals surface area contributed by atoms with Crippen molar-refractivity contribution in [2.75, 3.05) is 0 Å². The van der Waals surface area contributed by atoms with Crippen molar-refractivity contribution in [2.45, 2.75) is 52.4 Å². The highest BCUT2D eigenvalue weighted by molar-refractivity contribution is 7.55. The average Bonchev–Trinajstić information content (AvgIpc) is 2.60. The summed E-state index contributed by atoms with van der Waals surface area (Å²) in [7, 11) is 0.235. The number of hydrogen-bond donors (Lipinski definition) is 0. The van der Waals surface area contributed by atoms with Crippen LogP contribution in [0.5, 0.6) is 0 Å². The van der Waals surface area contributed by atoms with E-state index < -0.39 is 5.09 Å². The molecule has 5 heteroatoms. The quantitative estimate of drug-likeness (QED) is 0.395. The minimum atomic E-state index is -1.75. The highest BCUT2D eigenvalue weighted by atomic mass is 31.1. The van der Waals surface area contributed by atoms with Gasteiger partial charge in [-0.2, -0.15) is 0 Å². The smallest absolute Gasteiger partial charge is 0.0942 e. The van der Waals surface area contributed by atoms with E-state index in [-0.39, 0.29) is 8.58 Å². The van der Waals surface area contributed by atoms with Crippen LogP contribution in [0.2, 0.25) is 0 Å². The largest absolute Gasteiger partial charge is 0.356 e. The summed E-state index contributed by atoms with van der Waals surface area (Å²) in [5.41, 5.74) is 2.96. The Labute approximate surface area is 152 Å². The van der Waals surface area contributed by atoms with E-state index in [0.29, 0.717) is 0 Å². The molecule has 0 fully saturated rings. The van der Waals surface area contributed by atoms with Gasteiger partial charge < -0.3 is 15.3 Å². The second kappa shape index (κ2) is 12.4. The molecular weight excluding hydrogens is 333 g/mol. The van der Waals surface area contributed by atoms with E-state index in [4.69, 9.17) is 15.3 Å². The number of benzene rings is 2. The van der Waals surface area contributed by atoms with Crippen LogP contribution in [0.25, 0.3) is 0 Å². The second-order valence-electron chi connectivity index (χ2n) is 6.06. The van der Waals surface area contributed by atoms with Crippen molar-refractivity contribution in [3.63, 3.8) is 0 Å². The van der Waals surface area contributed by atoms with E-state index in [9.17, 15) is 0 Å². The zero-order chi connectivity index (χ0) is 18.5. The molecule has 0 heterocycles. The summed E-state index contributed by atoms with van der Waals surface area (Å²) in [5.74, 6) is 0. The molecule has 0 N–H and O–H groups in total. The Morgan fingerprint density at radius 3 is 1.36 bits per heavy atom. The minimum absolute atomic E-state index is 0.235. The van der Waals surface area contributed by atoms with Gasteiger partial charge in [0.15, 0.2) is 0 Å². The van der Waals surface area contributed by atoms with Crippen LogP contribution in [-0.4, -0.2) is 5.09 Å². The Kier molecular flexibility index (Phi) is 10.5. The molecule has 136 valence electrons. The van der Waals surface area contributed by atoms with Gasteiger partial charge >= 0.3 is 0 Å². The summed E-state index contributed by atoms with van der Waals surface area (Å²) < 4.78 is 0. The summed E-state index contributed by atoms with van der Waals surface area (Å²) in [6.45, 7) is 4.51. The number of aryl methyl sites for hydroxylation is 2.